The number of benzene rings is 1. The molecule has 2 unspecified atom stereocenters. The molecule has 4 rings (SSSR count). The van der Waals surface area contributed by atoms with Gasteiger partial charge in [0.15, 0.2) is 0 Å². The zero-order chi connectivity index (χ0) is 16.9. The lowest BCUT2D eigenvalue weighted by Crippen LogP contribution is -2.69. The fourth-order valence-electron chi connectivity index (χ4n) is 5.85. The zero-order valence-electron chi connectivity index (χ0n) is 14.8. The van der Waals surface area contributed by atoms with Crippen molar-refractivity contribution >= 4 is 5.97 Å². The number of phenolic OH excluding ortho intramolecular Hbond substituents is 1. The summed E-state index contributed by atoms with van der Waals surface area (Å²) in [5.41, 5.74) is 3.02. The fraction of sp³-hybridized carbons (Fsp3) is 0.650. The highest BCUT2D eigenvalue weighted by molar-refractivity contribution is 5.65. The van der Waals surface area contributed by atoms with E-state index in [0.717, 1.165) is 23.9 Å². The predicted octanol–water partition coefficient (Wildman–Crippen LogP) is 3.12. The predicted molar refractivity (Wildman–Crippen MR) is 91.5 cm³/mol. The monoisotopic (exact) mass is 330 g/mol. The summed E-state index contributed by atoms with van der Waals surface area (Å²) >= 11 is 0. The minimum absolute atomic E-state index is 0.184. The molecule has 1 aliphatic heterocycles. The standard InChI is InChI=1S/C20H27NO3/c1-14(22)24-13-21(2)10-9-20-8-4-3-5-17(20)19(21)11-15-6-7-16(23)12-18(15)20/h6-7,12,17,19H,3-5,8-11,13H2,1-2H3/p+1/t17?,19?,20-,21+/m1/s1. The van der Waals surface area contributed by atoms with Gasteiger partial charge < -0.3 is 9.84 Å². The van der Waals surface area contributed by atoms with Crippen LogP contribution in [0.25, 0.3) is 0 Å². The van der Waals surface area contributed by atoms with Gasteiger partial charge in [-0.3, -0.25) is 9.28 Å². The Kier molecular flexibility index (Phi) is 3.64. The van der Waals surface area contributed by atoms with E-state index in [2.05, 4.69) is 13.1 Å². The Hall–Kier alpha value is -1.55. The molecular weight excluding hydrogens is 302 g/mol. The van der Waals surface area contributed by atoms with Crippen molar-refractivity contribution in [2.24, 2.45) is 5.92 Å². The van der Waals surface area contributed by atoms with Crippen LogP contribution in [-0.2, 0) is 21.4 Å². The smallest absolute Gasteiger partial charge is 0.306 e. The number of nitrogens with zero attached hydrogens (tertiary/aromatic N) is 1. The second-order valence-electron chi connectivity index (χ2n) is 8.34. The molecular formula is C20H28NO3+. The molecule has 1 heterocycles. The Balaban J connectivity index is 1.77. The molecule has 1 saturated carbocycles. The molecule has 1 saturated heterocycles. The summed E-state index contributed by atoms with van der Waals surface area (Å²) in [6, 6.07) is 6.48. The first-order valence-corrected chi connectivity index (χ1v) is 9.25. The average Bonchev–Trinajstić information content (AvgIpc) is 2.57. The molecule has 1 N–H and O–H groups in total. The normalized spacial score (nSPS) is 37.2. The van der Waals surface area contributed by atoms with E-state index < -0.39 is 0 Å². The fourth-order valence-corrected chi connectivity index (χ4v) is 5.85. The summed E-state index contributed by atoms with van der Waals surface area (Å²) in [6.07, 6.45) is 7.23. The first-order chi connectivity index (χ1) is 11.4. The molecule has 1 aromatic carbocycles. The molecule has 2 bridgehead atoms. The number of likely N-dealkylation sites (tertiary alicyclic amines) is 1. The van der Waals surface area contributed by atoms with E-state index in [1.54, 1.807) is 0 Å². The van der Waals surface area contributed by atoms with Crippen molar-refractivity contribution in [3.8, 4) is 5.75 Å². The third-order valence-electron chi connectivity index (χ3n) is 7.05. The number of ether oxygens (including phenoxy) is 1. The van der Waals surface area contributed by atoms with Crippen molar-refractivity contribution < 1.29 is 19.1 Å². The van der Waals surface area contributed by atoms with Crippen LogP contribution < -0.4 is 0 Å². The Morgan fingerprint density at radius 3 is 3.00 bits per heavy atom. The van der Waals surface area contributed by atoms with Gasteiger partial charge in [0.2, 0.25) is 6.73 Å². The van der Waals surface area contributed by atoms with E-state index in [1.807, 2.05) is 12.1 Å². The van der Waals surface area contributed by atoms with Crippen molar-refractivity contribution in [2.45, 2.75) is 56.9 Å². The average molecular weight is 330 g/mol. The number of fused-ring (bicyclic) bond motifs is 1. The number of esters is 1. The van der Waals surface area contributed by atoms with Gasteiger partial charge in [-0.25, -0.2) is 0 Å². The topological polar surface area (TPSA) is 46.5 Å². The zero-order valence-corrected chi connectivity index (χ0v) is 14.8. The molecule has 1 aromatic rings. The van der Waals surface area contributed by atoms with Crippen LogP contribution in [0.5, 0.6) is 5.75 Å². The van der Waals surface area contributed by atoms with Crippen LogP contribution in [0.1, 0.15) is 50.2 Å². The molecule has 2 aliphatic carbocycles. The molecule has 3 aliphatic rings. The van der Waals surface area contributed by atoms with E-state index in [9.17, 15) is 9.90 Å². The van der Waals surface area contributed by atoms with Crippen molar-refractivity contribution in [1.82, 2.24) is 0 Å². The lowest BCUT2D eigenvalue weighted by molar-refractivity contribution is -0.959. The second kappa shape index (κ2) is 5.48. The Bertz CT molecular complexity index is 673. The van der Waals surface area contributed by atoms with Crippen LogP contribution in [0, 0.1) is 5.92 Å². The maximum atomic E-state index is 11.4. The van der Waals surface area contributed by atoms with E-state index in [0.29, 0.717) is 24.4 Å². The lowest BCUT2D eigenvalue weighted by Gasteiger charge is -2.60. The summed E-state index contributed by atoms with van der Waals surface area (Å²) in [7, 11) is 2.26. The molecule has 4 atom stereocenters. The van der Waals surface area contributed by atoms with Gasteiger partial charge in [-0.05, 0) is 36.1 Å². The molecule has 2 fully saturated rings. The number of rotatable bonds is 2. The van der Waals surface area contributed by atoms with Gasteiger partial charge in [-0.15, -0.1) is 0 Å². The molecule has 0 radical (unpaired) electrons. The van der Waals surface area contributed by atoms with Gasteiger partial charge in [0.25, 0.3) is 0 Å². The van der Waals surface area contributed by atoms with E-state index in [-0.39, 0.29) is 11.4 Å². The molecule has 0 spiro atoms. The highest BCUT2D eigenvalue weighted by atomic mass is 16.5. The van der Waals surface area contributed by atoms with Crippen molar-refractivity contribution in [2.75, 3.05) is 20.3 Å². The van der Waals surface area contributed by atoms with Crippen LogP contribution in [0.3, 0.4) is 0 Å². The summed E-state index contributed by atoms with van der Waals surface area (Å²) in [5.74, 6) is 0.847. The van der Waals surface area contributed by atoms with Gasteiger partial charge in [-0.2, -0.15) is 0 Å². The van der Waals surface area contributed by atoms with Gasteiger partial charge in [0.05, 0.1) is 19.6 Å². The summed E-state index contributed by atoms with van der Waals surface area (Å²) in [6.45, 7) is 3.03. The summed E-state index contributed by atoms with van der Waals surface area (Å²) < 4.78 is 6.29. The van der Waals surface area contributed by atoms with Crippen LogP contribution >= 0.6 is 0 Å². The number of aromatic hydroxyl groups is 1. The third-order valence-corrected chi connectivity index (χ3v) is 7.05. The number of likely N-dealkylation sites (N-methyl/N-ethyl adjacent to an activating group) is 1. The summed E-state index contributed by atoms with van der Waals surface area (Å²) in [5, 5.41) is 10.1. The number of hydrogen-bond acceptors (Lipinski definition) is 3. The SMILES string of the molecule is CC(=O)OC[N@+]1(C)CC[C@]23CCCCC2C1Cc1ccc(O)cc13. The lowest BCUT2D eigenvalue weighted by atomic mass is 9.52. The van der Waals surface area contributed by atoms with Gasteiger partial charge in [-0.1, -0.05) is 18.9 Å². The van der Waals surface area contributed by atoms with Crippen LogP contribution in [-0.4, -0.2) is 41.9 Å². The van der Waals surface area contributed by atoms with Crippen molar-refractivity contribution in [3.05, 3.63) is 29.3 Å². The molecule has 0 amide bonds. The highest BCUT2D eigenvalue weighted by Crippen LogP contribution is 2.57. The third kappa shape index (κ3) is 2.26. The van der Waals surface area contributed by atoms with Gasteiger partial charge in [0, 0.05) is 31.1 Å². The van der Waals surface area contributed by atoms with E-state index >= 15 is 0 Å². The van der Waals surface area contributed by atoms with Crippen LogP contribution in [0.2, 0.25) is 0 Å². The minimum atomic E-state index is -0.184. The minimum Gasteiger partial charge on any atom is -0.508 e. The summed E-state index contributed by atoms with van der Waals surface area (Å²) in [4.78, 5) is 11.4. The first kappa shape index (κ1) is 15.9. The number of carbonyl (C=O) groups is 1. The number of carbonyl (C=O) groups excluding carboxylic acids is 1. The number of piperidine rings is 1. The molecule has 24 heavy (non-hydrogen) atoms. The molecule has 4 nitrogen and oxygen atoms in total. The first-order valence-electron chi connectivity index (χ1n) is 9.25. The quantitative estimate of drug-likeness (QED) is 0.669. The van der Waals surface area contributed by atoms with Crippen LogP contribution in [0.15, 0.2) is 18.2 Å². The van der Waals surface area contributed by atoms with Gasteiger partial charge >= 0.3 is 5.97 Å². The van der Waals surface area contributed by atoms with Crippen LogP contribution in [0.4, 0.5) is 0 Å². The van der Waals surface area contributed by atoms with E-state index in [1.165, 1.54) is 43.7 Å². The van der Waals surface area contributed by atoms with Gasteiger partial charge in [0.1, 0.15) is 5.75 Å². The second-order valence-corrected chi connectivity index (χ2v) is 8.34. The molecule has 4 heteroatoms. The van der Waals surface area contributed by atoms with E-state index in [4.69, 9.17) is 4.74 Å². The number of phenols is 1. The van der Waals surface area contributed by atoms with Crippen molar-refractivity contribution in [3.63, 3.8) is 0 Å². The Morgan fingerprint density at radius 2 is 2.21 bits per heavy atom. The number of quaternary nitrogens is 1. The largest absolute Gasteiger partial charge is 0.508 e. The Morgan fingerprint density at radius 1 is 1.38 bits per heavy atom. The van der Waals surface area contributed by atoms with Crippen molar-refractivity contribution in [1.29, 1.82) is 0 Å². The maximum absolute atomic E-state index is 11.4. The maximum Gasteiger partial charge on any atom is 0.306 e. The molecule has 0 aromatic heterocycles. The highest BCUT2D eigenvalue weighted by Gasteiger charge is 2.59. The number of hydrogen-bond donors (Lipinski definition) is 1. The Labute approximate surface area is 144 Å². The molecule has 130 valence electrons.